The molecule has 3 nitrogen and oxygen atoms in total. The quantitative estimate of drug-likeness (QED) is 0.105. The van der Waals surface area contributed by atoms with Crippen molar-refractivity contribution in [1.29, 1.82) is 0 Å². The first-order valence-electron chi connectivity index (χ1n) is 16.2. The van der Waals surface area contributed by atoms with Crippen molar-refractivity contribution in [3.63, 3.8) is 0 Å². The van der Waals surface area contributed by atoms with Crippen LogP contribution in [-0.2, 0) is 4.74 Å². The first kappa shape index (κ1) is 34.3. The van der Waals surface area contributed by atoms with Gasteiger partial charge in [-0.25, -0.2) is 4.79 Å². The molecular weight excluding hydrogens is 430 g/mol. The summed E-state index contributed by atoms with van der Waals surface area (Å²) in [5, 5.41) is 0. The molecule has 3 heteroatoms. The molecule has 0 rings (SSSR count). The largest absolute Gasteiger partial charge is 0.446 e. The minimum absolute atomic E-state index is 0.0351. The van der Waals surface area contributed by atoms with Gasteiger partial charge in [-0.05, 0) is 25.7 Å². The van der Waals surface area contributed by atoms with E-state index in [1.54, 1.807) is 0 Å². The minimum atomic E-state index is -0.598. The van der Waals surface area contributed by atoms with Gasteiger partial charge in [0.2, 0.25) is 0 Å². The van der Waals surface area contributed by atoms with Crippen molar-refractivity contribution in [3.8, 4) is 0 Å². The van der Waals surface area contributed by atoms with Crippen molar-refractivity contribution >= 4 is 6.09 Å². The average molecular weight is 496 g/mol. The number of hydrogen-bond acceptors (Lipinski definition) is 2. The van der Waals surface area contributed by atoms with E-state index in [-0.39, 0.29) is 6.10 Å². The Morgan fingerprint density at radius 1 is 0.457 bits per heavy atom. The molecule has 0 aromatic heterocycles. The summed E-state index contributed by atoms with van der Waals surface area (Å²) in [6, 6.07) is 0. The Morgan fingerprint density at radius 2 is 0.686 bits per heavy atom. The van der Waals surface area contributed by atoms with Crippen molar-refractivity contribution < 1.29 is 9.53 Å². The summed E-state index contributed by atoms with van der Waals surface area (Å²) in [6.07, 6.45) is 36.9. The molecule has 0 saturated heterocycles. The number of nitrogens with two attached hydrogens (primary N) is 1. The average Bonchev–Trinajstić information content (AvgIpc) is 2.84. The van der Waals surface area contributed by atoms with E-state index in [1.807, 2.05) is 0 Å². The minimum Gasteiger partial charge on any atom is -0.446 e. The van der Waals surface area contributed by atoms with Gasteiger partial charge in [-0.1, -0.05) is 168 Å². The molecule has 0 aromatic rings. The van der Waals surface area contributed by atoms with E-state index in [0.717, 1.165) is 25.7 Å². The summed E-state index contributed by atoms with van der Waals surface area (Å²) in [5.74, 6) is 0. The van der Waals surface area contributed by atoms with Crippen LogP contribution in [0.15, 0.2) is 0 Å². The number of unbranched alkanes of at least 4 members (excludes halogenated alkanes) is 24. The predicted octanol–water partition coefficient (Wildman–Crippen LogP) is 11.4. The second-order valence-electron chi connectivity index (χ2n) is 11.1. The molecule has 2 N–H and O–H groups in total. The van der Waals surface area contributed by atoms with E-state index < -0.39 is 6.09 Å². The van der Waals surface area contributed by atoms with Gasteiger partial charge in [-0.15, -0.1) is 0 Å². The van der Waals surface area contributed by atoms with Crippen molar-refractivity contribution in [3.05, 3.63) is 0 Å². The highest BCUT2D eigenvalue weighted by Gasteiger charge is 2.12. The molecule has 0 radical (unpaired) electrons. The maximum absolute atomic E-state index is 11.3. The molecule has 0 atom stereocenters. The maximum Gasteiger partial charge on any atom is 0.404 e. The third-order valence-corrected chi connectivity index (χ3v) is 7.54. The zero-order valence-electron chi connectivity index (χ0n) is 24.3. The highest BCUT2D eigenvalue weighted by Crippen LogP contribution is 2.18. The van der Waals surface area contributed by atoms with Gasteiger partial charge in [0.1, 0.15) is 6.10 Å². The Morgan fingerprint density at radius 3 is 0.914 bits per heavy atom. The number of ether oxygens (including phenoxy) is 1. The van der Waals surface area contributed by atoms with Gasteiger partial charge in [-0.3, -0.25) is 0 Å². The lowest BCUT2D eigenvalue weighted by Crippen LogP contribution is -2.22. The number of carbonyl (C=O) groups is 1. The zero-order valence-corrected chi connectivity index (χ0v) is 24.3. The molecule has 0 aliphatic carbocycles. The van der Waals surface area contributed by atoms with Crippen LogP contribution >= 0.6 is 0 Å². The molecule has 0 aliphatic rings. The molecule has 0 aliphatic heterocycles. The molecule has 210 valence electrons. The van der Waals surface area contributed by atoms with Crippen LogP contribution in [0.5, 0.6) is 0 Å². The van der Waals surface area contributed by atoms with Crippen LogP contribution in [0.2, 0.25) is 0 Å². The third kappa shape index (κ3) is 29.4. The Balaban J connectivity index is 3.50. The number of primary amides is 1. The first-order valence-corrected chi connectivity index (χ1v) is 16.2. The summed E-state index contributed by atoms with van der Waals surface area (Å²) >= 11 is 0. The van der Waals surface area contributed by atoms with Gasteiger partial charge in [0, 0.05) is 0 Å². The monoisotopic (exact) mass is 496 g/mol. The van der Waals surface area contributed by atoms with Crippen molar-refractivity contribution in [2.45, 2.75) is 200 Å². The van der Waals surface area contributed by atoms with Crippen LogP contribution < -0.4 is 5.73 Å². The second kappa shape index (κ2) is 29.5. The van der Waals surface area contributed by atoms with E-state index in [9.17, 15) is 4.79 Å². The molecular formula is C32H65NO2. The summed E-state index contributed by atoms with van der Waals surface area (Å²) in [7, 11) is 0. The Bertz CT molecular complexity index is 382. The van der Waals surface area contributed by atoms with Crippen LogP contribution in [0.3, 0.4) is 0 Å². The SMILES string of the molecule is CCCCCCCCCCCCCCCC(CCCCCCCCCCCCCCC)OC(N)=O. The molecule has 0 unspecified atom stereocenters. The van der Waals surface area contributed by atoms with Gasteiger partial charge in [0.25, 0.3) is 0 Å². The normalized spacial score (nSPS) is 11.4. The van der Waals surface area contributed by atoms with Crippen molar-refractivity contribution in [2.75, 3.05) is 0 Å². The highest BCUT2D eigenvalue weighted by molar-refractivity contribution is 5.64. The molecule has 0 heterocycles. The van der Waals surface area contributed by atoms with Crippen LogP contribution in [-0.4, -0.2) is 12.2 Å². The molecule has 35 heavy (non-hydrogen) atoms. The molecule has 0 saturated carbocycles. The van der Waals surface area contributed by atoms with E-state index in [4.69, 9.17) is 10.5 Å². The summed E-state index contributed by atoms with van der Waals surface area (Å²) < 4.78 is 5.40. The Hall–Kier alpha value is -0.730. The second-order valence-corrected chi connectivity index (χ2v) is 11.1. The fraction of sp³-hybridized carbons (Fsp3) is 0.969. The Labute approximate surface area is 221 Å². The van der Waals surface area contributed by atoms with Crippen LogP contribution in [0.1, 0.15) is 194 Å². The van der Waals surface area contributed by atoms with E-state index >= 15 is 0 Å². The van der Waals surface area contributed by atoms with Crippen LogP contribution in [0.4, 0.5) is 4.79 Å². The first-order chi connectivity index (χ1) is 17.2. The third-order valence-electron chi connectivity index (χ3n) is 7.54. The van der Waals surface area contributed by atoms with Gasteiger partial charge in [0.05, 0.1) is 0 Å². The van der Waals surface area contributed by atoms with Crippen molar-refractivity contribution in [1.82, 2.24) is 0 Å². The smallest absolute Gasteiger partial charge is 0.404 e. The lowest BCUT2D eigenvalue weighted by Gasteiger charge is -2.16. The topological polar surface area (TPSA) is 52.3 Å². The highest BCUT2D eigenvalue weighted by atomic mass is 16.6. The van der Waals surface area contributed by atoms with Gasteiger partial charge in [-0.2, -0.15) is 0 Å². The lowest BCUT2D eigenvalue weighted by molar-refractivity contribution is 0.0921. The number of carbonyl (C=O) groups excluding carboxylic acids is 1. The fourth-order valence-corrected chi connectivity index (χ4v) is 5.21. The molecule has 0 aromatic carbocycles. The summed E-state index contributed by atoms with van der Waals surface area (Å²) in [6.45, 7) is 4.57. The van der Waals surface area contributed by atoms with Gasteiger partial charge in [0.15, 0.2) is 0 Å². The molecule has 0 fully saturated rings. The van der Waals surface area contributed by atoms with Gasteiger partial charge >= 0.3 is 6.09 Å². The van der Waals surface area contributed by atoms with Gasteiger partial charge < -0.3 is 10.5 Å². The van der Waals surface area contributed by atoms with Crippen LogP contribution in [0.25, 0.3) is 0 Å². The van der Waals surface area contributed by atoms with E-state index in [2.05, 4.69) is 13.8 Å². The number of rotatable bonds is 29. The summed E-state index contributed by atoms with van der Waals surface area (Å²) in [5.41, 5.74) is 5.32. The Kier molecular flexibility index (Phi) is 28.9. The van der Waals surface area contributed by atoms with Crippen molar-refractivity contribution in [2.24, 2.45) is 5.73 Å². The van der Waals surface area contributed by atoms with Crippen LogP contribution in [0, 0.1) is 0 Å². The maximum atomic E-state index is 11.3. The molecule has 1 amide bonds. The standard InChI is InChI=1S/C32H65NO2/c1-3-5-7-9-11-13-15-17-19-21-23-25-27-29-31(35-32(33)34)30-28-26-24-22-20-18-16-14-12-10-8-6-4-2/h31H,3-30H2,1-2H3,(H2,33,34). The predicted molar refractivity (Wildman–Crippen MR) is 155 cm³/mol. The zero-order chi connectivity index (χ0) is 25.7. The number of amides is 1. The molecule has 0 bridgehead atoms. The lowest BCUT2D eigenvalue weighted by atomic mass is 10.0. The fourth-order valence-electron chi connectivity index (χ4n) is 5.21. The number of hydrogen-bond donors (Lipinski definition) is 1. The molecule has 0 spiro atoms. The summed E-state index contributed by atoms with van der Waals surface area (Å²) in [4.78, 5) is 11.3. The van der Waals surface area contributed by atoms with E-state index in [1.165, 1.54) is 154 Å². The van der Waals surface area contributed by atoms with E-state index in [0.29, 0.717) is 0 Å².